The Morgan fingerprint density at radius 2 is 1.11 bits per heavy atom. The van der Waals surface area contributed by atoms with E-state index in [-0.39, 0.29) is 10.6 Å². The van der Waals surface area contributed by atoms with Crippen LogP contribution in [0.2, 0.25) is 10.6 Å². The predicted octanol–water partition coefficient (Wildman–Crippen LogP) is 2.11. The highest BCUT2D eigenvalue weighted by atomic mass is 14.2. The molecule has 0 aromatic heterocycles. The molecule has 0 aliphatic carbocycles. The van der Waals surface area contributed by atoms with E-state index in [1.807, 2.05) is 27.7 Å². The van der Waals surface area contributed by atoms with E-state index >= 15 is 0 Å². The molecule has 0 amide bonds. The molecule has 0 fully saturated rings. The lowest BCUT2D eigenvalue weighted by Gasteiger charge is -2.29. The summed E-state index contributed by atoms with van der Waals surface area (Å²) in [6, 6.07) is 0. The Morgan fingerprint density at radius 3 is 1.11 bits per heavy atom. The topological polar surface area (TPSA) is 0 Å². The monoisotopic (exact) mass is 120 g/mol. The number of hydrogen-bond acceptors (Lipinski definition) is 0. The molecule has 0 saturated heterocycles. The van der Waals surface area contributed by atoms with Crippen LogP contribution >= 0.6 is 0 Å². The molecule has 0 nitrogen and oxygen atoms in total. The Bertz CT molecular complexity index is 72.1. The van der Waals surface area contributed by atoms with Gasteiger partial charge in [-0.2, -0.15) is 0 Å². The van der Waals surface area contributed by atoms with Crippen LogP contribution in [0.1, 0.15) is 34.1 Å². The van der Waals surface area contributed by atoms with Crippen molar-refractivity contribution in [2.45, 2.75) is 44.7 Å². The van der Waals surface area contributed by atoms with E-state index in [0.29, 0.717) is 0 Å². The SMILES string of the molecule is [B]C(C)(C)CC([B])(C)C. The maximum atomic E-state index is 5.74. The Morgan fingerprint density at radius 1 is 0.889 bits per heavy atom. The van der Waals surface area contributed by atoms with Crippen molar-refractivity contribution in [2.75, 3.05) is 0 Å². The van der Waals surface area contributed by atoms with Crippen LogP contribution in [0.3, 0.4) is 0 Å². The van der Waals surface area contributed by atoms with Crippen molar-refractivity contribution in [2.24, 2.45) is 0 Å². The summed E-state index contributed by atoms with van der Waals surface area (Å²) in [6.07, 6.45) is 0.847. The first-order valence-corrected chi connectivity index (χ1v) is 3.28. The Balaban J connectivity index is 3.75. The number of hydrogen-bond donors (Lipinski definition) is 0. The third kappa shape index (κ3) is 8.13. The fraction of sp³-hybridized carbons (Fsp3) is 1.00. The minimum Gasteiger partial charge on any atom is -0.0718 e. The van der Waals surface area contributed by atoms with Gasteiger partial charge in [0.1, 0.15) is 0 Å². The van der Waals surface area contributed by atoms with Gasteiger partial charge in [-0.1, -0.05) is 44.7 Å². The van der Waals surface area contributed by atoms with E-state index in [9.17, 15) is 0 Å². The Kier molecular flexibility index (Phi) is 2.43. The van der Waals surface area contributed by atoms with Crippen LogP contribution < -0.4 is 0 Å². The molecule has 4 radical (unpaired) electrons. The van der Waals surface area contributed by atoms with E-state index in [0.717, 1.165) is 6.42 Å². The summed E-state index contributed by atoms with van der Waals surface area (Å²) in [5, 5.41) is -0.281. The second-order valence-electron chi connectivity index (χ2n) is 4.15. The van der Waals surface area contributed by atoms with E-state index in [4.69, 9.17) is 15.7 Å². The molecule has 0 heterocycles. The van der Waals surface area contributed by atoms with Crippen molar-refractivity contribution in [1.82, 2.24) is 0 Å². The molecule has 0 aromatic rings. The molecule has 9 heavy (non-hydrogen) atoms. The normalized spacial score (nSPS) is 13.8. The zero-order valence-corrected chi connectivity index (χ0v) is 6.86. The van der Waals surface area contributed by atoms with Crippen molar-refractivity contribution >= 4 is 15.7 Å². The van der Waals surface area contributed by atoms with Crippen molar-refractivity contribution in [3.05, 3.63) is 0 Å². The largest absolute Gasteiger partial charge is 0.0738 e. The highest BCUT2D eigenvalue weighted by Gasteiger charge is 2.19. The molecular weight excluding hydrogens is 106 g/mol. The van der Waals surface area contributed by atoms with E-state index in [1.165, 1.54) is 0 Å². The van der Waals surface area contributed by atoms with Gasteiger partial charge in [0.15, 0.2) is 0 Å². The molecule has 0 unspecified atom stereocenters. The van der Waals surface area contributed by atoms with Crippen LogP contribution in [0.4, 0.5) is 0 Å². The molecule has 0 rings (SSSR count). The van der Waals surface area contributed by atoms with Gasteiger partial charge in [0.2, 0.25) is 0 Å². The van der Waals surface area contributed by atoms with Crippen molar-refractivity contribution < 1.29 is 0 Å². The summed E-state index contributed by atoms with van der Waals surface area (Å²) in [6.45, 7) is 7.95. The maximum Gasteiger partial charge on any atom is 0.0738 e. The molecule has 0 bridgehead atoms. The third-order valence-corrected chi connectivity index (χ3v) is 0.911. The van der Waals surface area contributed by atoms with Crippen LogP contribution in [-0.2, 0) is 0 Å². The molecule has 0 aromatic carbocycles. The second kappa shape index (κ2) is 2.40. The molecule has 0 aliphatic heterocycles. The van der Waals surface area contributed by atoms with Crippen LogP contribution in [0.5, 0.6) is 0 Å². The average Bonchev–Trinajstić information content (AvgIpc) is 1.14. The van der Waals surface area contributed by atoms with Gasteiger partial charge in [-0.05, 0) is 0 Å². The Hall–Kier alpha value is 0.130. The van der Waals surface area contributed by atoms with Gasteiger partial charge in [-0.25, -0.2) is 0 Å². The van der Waals surface area contributed by atoms with Gasteiger partial charge < -0.3 is 0 Å². The average molecular weight is 120 g/mol. The summed E-state index contributed by atoms with van der Waals surface area (Å²) >= 11 is 0. The molecule has 48 valence electrons. The van der Waals surface area contributed by atoms with Crippen LogP contribution in [0, 0.1) is 0 Å². The summed E-state index contributed by atoms with van der Waals surface area (Å²) in [5.41, 5.74) is 0. The smallest absolute Gasteiger partial charge is 0.0718 e. The molecule has 0 saturated carbocycles. The van der Waals surface area contributed by atoms with Gasteiger partial charge in [0.25, 0.3) is 0 Å². The van der Waals surface area contributed by atoms with Crippen molar-refractivity contribution in [3.63, 3.8) is 0 Å². The predicted molar refractivity (Wildman–Crippen MR) is 44.2 cm³/mol. The standard InChI is InChI=1S/C7H14B2/c1-6(2,8)5-7(3,4)9/h5H2,1-4H3. The Labute approximate surface area is 61.2 Å². The minimum atomic E-state index is -0.141. The maximum absolute atomic E-state index is 5.74. The summed E-state index contributed by atoms with van der Waals surface area (Å²) < 4.78 is 0. The van der Waals surface area contributed by atoms with Gasteiger partial charge in [-0.3, -0.25) is 0 Å². The molecule has 2 heteroatoms. The first-order valence-electron chi connectivity index (χ1n) is 3.28. The number of rotatable bonds is 2. The first-order chi connectivity index (χ1) is 3.71. The van der Waals surface area contributed by atoms with Crippen LogP contribution in [0.25, 0.3) is 0 Å². The fourth-order valence-electron chi connectivity index (χ4n) is 1.17. The molecule has 0 atom stereocenters. The third-order valence-electron chi connectivity index (χ3n) is 0.911. The van der Waals surface area contributed by atoms with Gasteiger partial charge >= 0.3 is 0 Å². The van der Waals surface area contributed by atoms with Crippen molar-refractivity contribution in [3.8, 4) is 0 Å². The molecular formula is C7H14B2. The lowest BCUT2D eigenvalue weighted by atomic mass is 9.57. The molecule has 0 aliphatic rings. The summed E-state index contributed by atoms with van der Waals surface area (Å²) in [5.74, 6) is 0. The lowest BCUT2D eigenvalue weighted by molar-refractivity contribution is 0.504. The van der Waals surface area contributed by atoms with E-state index in [2.05, 4.69) is 0 Å². The van der Waals surface area contributed by atoms with Gasteiger partial charge in [0, 0.05) is 0 Å². The van der Waals surface area contributed by atoms with Crippen LogP contribution in [-0.4, -0.2) is 15.7 Å². The zero-order chi connectivity index (χ0) is 7.71. The van der Waals surface area contributed by atoms with Crippen LogP contribution in [0.15, 0.2) is 0 Å². The van der Waals surface area contributed by atoms with Gasteiger partial charge in [0.05, 0.1) is 15.7 Å². The summed E-state index contributed by atoms with van der Waals surface area (Å²) in [4.78, 5) is 0. The zero-order valence-electron chi connectivity index (χ0n) is 6.86. The molecule has 0 N–H and O–H groups in total. The van der Waals surface area contributed by atoms with E-state index in [1.54, 1.807) is 0 Å². The van der Waals surface area contributed by atoms with Crippen molar-refractivity contribution in [1.29, 1.82) is 0 Å². The lowest BCUT2D eigenvalue weighted by Crippen LogP contribution is -2.12. The second-order valence-corrected chi connectivity index (χ2v) is 4.15. The summed E-state index contributed by atoms with van der Waals surface area (Å²) in [7, 11) is 11.5. The first kappa shape index (κ1) is 9.13. The van der Waals surface area contributed by atoms with Gasteiger partial charge in [-0.15, -0.1) is 0 Å². The van der Waals surface area contributed by atoms with E-state index < -0.39 is 0 Å². The highest BCUT2D eigenvalue weighted by Crippen LogP contribution is 2.38. The quantitative estimate of drug-likeness (QED) is 0.489. The molecule has 0 spiro atoms. The minimum absolute atomic E-state index is 0.141. The fourth-order valence-corrected chi connectivity index (χ4v) is 1.17. The highest BCUT2D eigenvalue weighted by molar-refractivity contribution is 6.18.